The van der Waals surface area contributed by atoms with Crippen LogP contribution in [0.1, 0.15) is 38.6 Å². The average Bonchev–Trinajstić information content (AvgIpc) is 2.44. The van der Waals surface area contributed by atoms with Crippen LogP contribution < -0.4 is 10.5 Å². The molecule has 2 N–H and O–H groups in total. The lowest BCUT2D eigenvalue weighted by atomic mass is 9.93. The van der Waals surface area contributed by atoms with E-state index in [0.29, 0.717) is 12.5 Å². The van der Waals surface area contributed by atoms with Gasteiger partial charge in [-0.1, -0.05) is 13.8 Å². The summed E-state index contributed by atoms with van der Waals surface area (Å²) in [6.07, 6.45) is 2.72. The summed E-state index contributed by atoms with van der Waals surface area (Å²) in [5.74, 6) is 2.20. The second-order valence-electron chi connectivity index (χ2n) is 7.01. The maximum Gasteiger partial charge on any atom is 0.125 e. The highest BCUT2D eigenvalue weighted by molar-refractivity contribution is 5.61. The van der Waals surface area contributed by atoms with Crippen LogP contribution in [0.5, 0.6) is 5.75 Å². The van der Waals surface area contributed by atoms with Gasteiger partial charge in [-0.25, -0.2) is 9.97 Å². The Morgan fingerprint density at radius 2 is 1.96 bits per heavy atom. The van der Waals surface area contributed by atoms with Gasteiger partial charge < -0.3 is 10.5 Å². The van der Waals surface area contributed by atoms with Gasteiger partial charge in [0.15, 0.2) is 0 Å². The fourth-order valence-corrected chi connectivity index (χ4v) is 2.82. The van der Waals surface area contributed by atoms with Crippen molar-refractivity contribution in [3.05, 3.63) is 41.9 Å². The second-order valence-corrected chi connectivity index (χ2v) is 7.01. The molecule has 0 aliphatic carbocycles. The van der Waals surface area contributed by atoms with Crippen LogP contribution in [0.2, 0.25) is 0 Å². The Morgan fingerprint density at radius 1 is 1.22 bits per heavy atom. The Hall–Kier alpha value is -1.94. The Morgan fingerprint density at radius 3 is 2.57 bits per heavy atom. The van der Waals surface area contributed by atoms with Crippen LogP contribution >= 0.6 is 0 Å². The van der Waals surface area contributed by atoms with Gasteiger partial charge in [0.25, 0.3) is 0 Å². The zero-order valence-corrected chi connectivity index (χ0v) is 14.8. The number of nitrogens with two attached hydrogens (primary N) is 1. The molecule has 1 aromatic carbocycles. The maximum absolute atomic E-state index is 6.31. The van der Waals surface area contributed by atoms with E-state index in [0.717, 1.165) is 34.8 Å². The van der Waals surface area contributed by atoms with E-state index in [2.05, 4.69) is 29.9 Å². The Kier molecular flexibility index (Phi) is 5.37. The van der Waals surface area contributed by atoms with E-state index in [-0.39, 0.29) is 5.54 Å². The Bertz CT molecular complexity index is 665. The minimum atomic E-state index is -0.316. The first-order valence-corrected chi connectivity index (χ1v) is 8.09. The Balaban J connectivity index is 2.11. The van der Waals surface area contributed by atoms with E-state index in [1.165, 1.54) is 0 Å². The molecule has 0 bridgehead atoms. The highest BCUT2D eigenvalue weighted by atomic mass is 16.5. The summed E-state index contributed by atoms with van der Waals surface area (Å²) < 4.78 is 5.96. The SMILES string of the molecule is Cc1nccc(-c2ccc(OC[C@@](C)(N)CC(C)C)c(C)c2)n1. The third kappa shape index (κ3) is 5.03. The fraction of sp³-hybridized carbons (Fsp3) is 0.474. The quantitative estimate of drug-likeness (QED) is 0.878. The molecule has 2 aromatic rings. The number of ether oxygens (including phenoxy) is 1. The van der Waals surface area contributed by atoms with Gasteiger partial charge in [0.1, 0.15) is 18.2 Å². The zero-order valence-electron chi connectivity index (χ0n) is 14.8. The highest BCUT2D eigenvalue weighted by Gasteiger charge is 2.21. The van der Waals surface area contributed by atoms with Crippen molar-refractivity contribution in [1.29, 1.82) is 0 Å². The van der Waals surface area contributed by atoms with Crippen LogP contribution in [0, 0.1) is 19.8 Å². The molecule has 2 rings (SSSR count). The van der Waals surface area contributed by atoms with Gasteiger partial charge in [0.05, 0.1) is 5.69 Å². The molecule has 0 saturated carbocycles. The van der Waals surface area contributed by atoms with Gasteiger partial charge in [0, 0.05) is 17.3 Å². The monoisotopic (exact) mass is 313 g/mol. The van der Waals surface area contributed by atoms with Crippen LogP contribution in [0.15, 0.2) is 30.5 Å². The summed E-state index contributed by atoms with van der Waals surface area (Å²) >= 11 is 0. The lowest BCUT2D eigenvalue weighted by Gasteiger charge is -2.27. The number of hydrogen-bond donors (Lipinski definition) is 1. The van der Waals surface area contributed by atoms with Crippen molar-refractivity contribution in [1.82, 2.24) is 9.97 Å². The molecule has 23 heavy (non-hydrogen) atoms. The molecule has 4 nitrogen and oxygen atoms in total. The number of hydrogen-bond acceptors (Lipinski definition) is 4. The fourth-order valence-electron chi connectivity index (χ4n) is 2.82. The summed E-state index contributed by atoms with van der Waals surface area (Å²) in [7, 11) is 0. The first-order valence-electron chi connectivity index (χ1n) is 8.09. The van der Waals surface area contributed by atoms with Crippen LogP contribution in [0.3, 0.4) is 0 Å². The standard InChI is InChI=1S/C19H27N3O/c1-13(2)11-19(5,20)12-23-18-7-6-16(10-14(18)3)17-8-9-21-15(4)22-17/h6-10,13H,11-12,20H2,1-5H3/t19-/m0/s1. The van der Waals surface area contributed by atoms with Crippen molar-refractivity contribution in [2.24, 2.45) is 11.7 Å². The van der Waals surface area contributed by atoms with E-state index in [1.54, 1.807) is 6.20 Å². The average molecular weight is 313 g/mol. The summed E-state index contributed by atoms with van der Waals surface area (Å²) in [5, 5.41) is 0. The predicted molar refractivity (Wildman–Crippen MR) is 94.5 cm³/mol. The molecular formula is C19H27N3O. The third-order valence-corrected chi connectivity index (χ3v) is 3.68. The van der Waals surface area contributed by atoms with E-state index in [1.807, 2.05) is 39.0 Å². The number of nitrogens with zero attached hydrogens (tertiary/aromatic N) is 2. The van der Waals surface area contributed by atoms with Crippen molar-refractivity contribution in [3.8, 4) is 17.0 Å². The minimum absolute atomic E-state index is 0.316. The highest BCUT2D eigenvalue weighted by Crippen LogP contribution is 2.26. The molecule has 0 amide bonds. The first kappa shape index (κ1) is 17.4. The van der Waals surface area contributed by atoms with Crippen LogP contribution in [-0.4, -0.2) is 22.1 Å². The normalized spacial score (nSPS) is 13.9. The van der Waals surface area contributed by atoms with Gasteiger partial charge in [-0.3, -0.25) is 0 Å². The third-order valence-electron chi connectivity index (χ3n) is 3.68. The molecule has 0 saturated heterocycles. The van der Waals surface area contributed by atoms with Crippen LogP contribution in [-0.2, 0) is 0 Å². The first-order chi connectivity index (χ1) is 10.8. The number of aryl methyl sites for hydroxylation is 2. The molecule has 0 aliphatic rings. The van der Waals surface area contributed by atoms with Crippen molar-refractivity contribution in [2.75, 3.05) is 6.61 Å². The van der Waals surface area contributed by atoms with Crippen molar-refractivity contribution < 1.29 is 4.74 Å². The molecule has 1 atom stereocenters. The van der Waals surface area contributed by atoms with E-state index < -0.39 is 0 Å². The molecule has 0 unspecified atom stereocenters. The van der Waals surface area contributed by atoms with Crippen molar-refractivity contribution in [2.45, 2.75) is 46.6 Å². The molecule has 1 heterocycles. The van der Waals surface area contributed by atoms with Gasteiger partial charge in [-0.05, 0) is 62.9 Å². The van der Waals surface area contributed by atoms with E-state index in [4.69, 9.17) is 10.5 Å². The smallest absolute Gasteiger partial charge is 0.125 e. The molecule has 4 heteroatoms. The molecule has 124 valence electrons. The molecule has 1 aromatic heterocycles. The van der Waals surface area contributed by atoms with Gasteiger partial charge >= 0.3 is 0 Å². The second kappa shape index (κ2) is 7.09. The van der Waals surface area contributed by atoms with Crippen molar-refractivity contribution in [3.63, 3.8) is 0 Å². The van der Waals surface area contributed by atoms with E-state index >= 15 is 0 Å². The lowest BCUT2D eigenvalue weighted by Crippen LogP contribution is -2.43. The summed E-state index contributed by atoms with van der Waals surface area (Å²) in [6.45, 7) is 10.8. The summed E-state index contributed by atoms with van der Waals surface area (Å²) in [5.41, 5.74) is 9.07. The van der Waals surface area contributed by atoms with E-state index in [9.17, 15) is 0 Å². The Labute approximate surface area is 139 Å². The molecule has 0 aliphatic heterocycles. The number of benzene rings is 1. The summed E-state index contributed by atoms with van der Waals surface area (Å²) in [4.78, 5) is 8.60. The zero-order chi connectivity index (χ0) is 17.0. The maximum atomic E-state index is 6.31. The molecule has 0 spiro atoms. The van der Waals surface area contributed by atoms with Crippen LogP contribution in [0.4, 0.5) is 0 Å². The largest absolute Gasteiger partial charge is 0.491 e. The lowest BCUT2D eigenvalue weighted by molar-refractivity contribution is 0.206. The molecular weight excluding hydrogens is 286 g/mol. The molecule has 0 radical (unpaired) electrons. The van der Waals surface area contributed by atoms with Crippen molar-refractivity contribution >= 4 is 0 Å². The number of aromatic nitrogens is 2. The topological polar surface area (TPSA) is 61.0 Å². The predicted octanol–water partition coefficient (Wildman–Crippen LogP) is 3.90. The van der Waals surface area contributed by atoms with Crippen LogP contribution in [0.25, 0.3) is 11.3 Å². The summed E-state index contributed by atoms with van der Waals surface area (Å²) in [6, 6.07) is 8.03. The van der Waals surface area contributed by atoms with Gasteiger partial charge in [0.2, 0.25) is 0 Å². The molecule has 0 fully saturated rings. The van der Waals surface area contributed by atoms with Gasteiger partial charge in [-0.15, -0.1) is 0 Å². The minimum Gasteiger partial charge on any atom is -0.491 e. The van der Waals surface area contributed by atoms with Gasteiger partial charge in [-0.2, -0.15) is 0 Å². The number of rotatable bonds is 6.